The van der Waals surface area contributed by atoms with E-state index in [4.69, 9.17) is 16.3 Å². The SMILES string of the molecule is CCO[C@@H](CCCl)c1ccccc1. The Morgan fingerprint density at radius 1 is 1.31 bits per heavy atom. The lowest BCUT2D eigenvalue weighted by Crippen LogP contribution is -2.04. The first kappa shape index (κ1) is 10.6. The summed E-state index contributed by atoms with van der Waals surface area (Å²) in [6, 6.07) is 10.2. The van der Waals surface area contributed by atoms with Crippen LogP contribution in [0.3, 0.4) is 0 Å². The van der Waals surface area contributed by atoms with Gasteiger partial charge in [0.1, 0.15) is 0 Å². The van der Waals surface area contributed by atoms with Crippen LogP contribution >= 0.6 is 11.6 Å². The average Bonchev–Trinajstić information content (AvgIpc) is 2.19. The van der Waals surface area contributed by atoms with Crippen molar-refractivity contribution in [1.82, 2.24) is 0 Å². The zero-order valence-corrected chi connectivity index (χ0v) is 8.63. The van der Waals surface area contributed by atoms with Crippen molar-refractivity contribution in [2.45, 2.75) is 19.4 Å². The van der Waals surface area contributed by atoms with Crippen molar-refractivity contribution in [3.8, 4) is 0 Å². The van der Waals surface area contributed by atoms with Gasteiger partial charge in [0.05, 0.1) is 6.10 Å². The quantitative estimate of drug-likeness (QED) is 0.659. The largest absolute Gasteiger partial charge is 0.374 e. The van der Waals surface area contributed by atoms with Crippen LogP contribution in [-0.4, -0.2) is 12.5 Å². The van der Waals surface area contributed by atoms with Crippen molar-refractivity contribution in [1.29, 1.82) is 0 Å². The highest BCUT2D eigenvalue weighted by atomic mass is 35.5. The maximum Gasteiger partial charge on any atom is 0.0836 e. The molecule has 1 aromatic rings. The van der Waals surface area contributed by atoms with Gasteiger partial charge in [0.2, 0.25) is 0 Å². The zero-order valence-electron chi connectivity index (χ0n) is 7.87. The van der Waals surface area contributed by atoms with Gasteiger partial charge < -0.3 is 4.74 Å². The molecular weight excluding hydrogens is 184 g/mol. The minimum atomic E-state index is 0.156. The van der Waals surface area contributed by atoms with Crippen LogP contribution in [0.4, 0.5) is 0 Å². The van der Waals surface area contributed by atoms with E-state index >= 15 is 0 Å². The summed E-state index contributed by atoms with van der Waals surface area (Å²) in [4.78, 5) is 0. The molecule has 2 heteroatoms. The molecule has 1 nitrogen and oxygen atoms in total. The van der Waals surface area contributed by atoms with E-state index in [2.05, 4.69) is 12.1 Å². The van der Waals surface area contributed by atoms with E-state index in [1.54, 1.807) is 0 Å². The lowest BCUT2D eigenvalue weighted by atomic mass is 10.1. The summed E-state index contributed by atoms with van der Waals surface area (Å²) in [7, 11) is 0. The fourth-order valence-corrected chi connectivity index (χ4v) is 1.51. The van der Waals surface area contributed by atoms with Crippen LogP contribution in [0.25, 0.3) is 0 Å². The molecule has 0 aromatic heterocycles. The average molecular weight is 199 g/mol. The minimum Gasteiger partial charge on any atom is -0.374 e. The van der Waals surface area contributed by atoms with Crippen LogP contribution < -0.4 is 0 Å². The van der Waals surface area contributed by atoms with Gasteiger partial charge in [-0.15, -0.1) is 11.6 Å². The summed E-state index contributed by atoms with van der Waals surface area (Å²) in [5, 5.41) is 0. The Kier molecular flexibility index (Phi) is 4.87. The number of ether oxygens (including phenoxy) is 1. The van der Waals surface area contributed by atoms with Gasteiger partial charge in [-0.05, 0) is 18.9 Å². The van der Waals surface area contributed by atoms with E-state index in [9.17, 15) is 0 Å². The normalized spacial score (nSPS) is 12.8. The molecule has 0 unspecified atom stereocenters. The van der Waals surface area contributed by atoms with Crippen molar-refractivity contribution in [2.24, 2.45) is 0 Å². The van der Waals surface area contributed by atoms with Gasteiger partial charge in [-0.25, -0.2) is 0 Å². The molecule has 0 aliphatic heterocycles. The maximum absolute atomic E-state index is 5.70. The molecule has 0 spiro atoms. The van der Waals surface area contributed by atoms with Crippen LogP contribution in [0, 0.1) is 0 Å². The second-order valence-electron chi connectivity index (χ2n) is 2.83. The first-order chi connectivity index (χ1) is 6.38. The highest BCUT2D eigenvalue weighted by molar-refractivity contribution is 6.17. The fourth-order valence-electron chi connectivity index (χ4n) is 1.31. The van der Waals surface area contributed by atoms with Gasteiger partial charge in [0.15, 0.2) is 0 Å². The van der Waals surface area contributed by atoms with Gasteiger partial charge in [0.25, 0.3) is 0 Å². The zero-order chi connectivity index (χ0) is 9.52. The molecule has 0 N–H and O–H groups in total. The second kappa shape index (κ2) is 6.01. The summed E-state index contributed by atoms with van der Waals surface area (Å²) in [6.07, 6.45) is 1.03. The third-order valence-electron chi connectivity index (χ3n) is 1.91. The molecular formula is C11H15ClO. The molecule has 0 saturated heterocycles. The molecule has 0 radical (unpaired) electrons. The number of alkyl halides is 1. The monoisotopic (exact) mass is 198 g/mol. The minimum absolute atomic E-state index is 0.156. The van der Waals surface area contributed by atoms with E-state index in [0.29, 0.717) is 5.88 Å². The van der Waals surface area contributed by atoms with Gasteiger partial charge in [-0.1, -0.05) is 30.3 Å². The molecule has 0 amide bonds. The van der Waals surface area contributed by atoms with Crippen LogP contribution in [0.1, 0.15) is 25.0 Å². The molecule has 1 rings (SSSR count). The van der Waals surface area contributed by atoms with Crippen LogP contribution in [0.15, 0.2) is 30.3 Å². The van der Waals surface area contributed by atoms with E-state index in [-0.39, 0.29) is 6.10 Å². The van der Waals surface area contributed by atoms with Crippen molar-refractivity contribution in [2.75, 3.05) is 12.5 Å². The van der Waals surface area contributed by atoms with E-state index in [1.807, 2.05) is 25.1 Å². The third-order valence-corrected chi connectivity index (χ3v) is 2.13. The molecule has 0 bridgehead atoms. The summed E-state index contributed by atoms with van der Waals surface area (Å²) in [5.74, 6) is 0.638. The third kappa shape index (κ3) is 3.37. The molecule has 0 fully saturated rings. The van der Waals surface area contributed by atoms with E-state index in [1.165, 1.54) is 5.56 Å². The molecule has 0 aliphatic rings. The summed E-state index contributed by atoms with van der Waals surface area (Å²) >= 11 is 5.70. The Bertz CT molecular complexity index is 217. The molecule has 0 aliphatic carbocycles. The fraction of sp³-hybridized carbons (Fsp3) is 0.455. The standard InChI is InChI=1S/C11H15ClO/c1-2-13-11(8-9-12)10-6-4-3-5-7-10/h3-7,11H,2,8-9H2,1H3/t11-/m0/s1. The Morgan fingerprint density at radius 3 is 2.54 bits per heavy atom. The van der Waals surface area contributed by atoms with Crippen molar-refractivity contribution in [3.05, 3.63) is 35.9 Å². The van der Waals surface area contributed by atoms with Gasteiger partial charge in [0, 0.05) is 12.5 Å². The first-order valence-corrected chi connectivity index (χ1v) is 5.14. The number of benzene rings is 1. The first-order valence-electron chi connectivity index (χ1n) is 4.61. The topological polar surface area (TPSA) is 9.23 Å². The molecule has 1 aromatic carbocycles. The lowest BCUT2D eigenvalue weighted by Gasteiger charge is -2.15. The summed E-state index contributed by atoms with van der Waals surface area (Å²) in [6.45, 7) is 2.74. The Balaban J connectivity index is 2.64. The van der Waals surface area contributed by atoms with Crippen LogP contribution in [0.2, 0.25) is 0 Å². The van der Waals surface area contributed by atoms with Crippen molar-refractivity contribution < 1.29 is 4.74 Å². The number of hydrogen-bond acceptors (Lipinski definition) is 1. The number of rotatable bonds is 5. The van der Waals surface area contributed by atoms with Gasteiger partial charge in [-0.2, -0.15) is 0 Å². The number of halogens is 1. The van der Waals surface area contributed by atoms with E-state index in [0.717, 1.165) is 13.0 Å². The molecule has 0 saturated carbocycles. The Hall–Kier alpha value is -0.530. The smallest absolute Gasteiger partial charge is 0.0836 e. The highest BCUT2D eigenvalue weighted by Gasteiger charge is 2.09. The Morgan fingerprint density at radius 2 is 2.00 bits per heavy atom. The van der Waals surface area contributed by atoms with Gasteiger partial charge >= 0.3 is 0 Å². The van der Waals surface area contributed by atoms with Crippen LogP contribution in [-0.2, 0) is 4.74 Å². The summed E-state index contributed by atoms with van der Waals surface area (Å²) < 4.78 is 5.58. The summed E-state index contributed by atoms with van der Waals surface area (Å²) in [5.41, 5.74) is 1.21. The van der Waals surface area contributed by atoms with Gasteiger partial charge in [-0.3, -0.25) is 0 Å². The van der Waals surface area contributed by atoms with Crippen LogP contribution in [0.5, 0.6) is 0 Å². The molecule has 72 valence electrons. The van der Waals surface area contributed by atoms with E-state index < -0.39 is 0 Å². The molecule has 1 atom stereocenters. The Labute approximate surface area is 84.7 Å². The van der Waals surface area contributed by atoms with Crippen molar-refractivity contribution >= 4 is 11.6 Å². The lowest BCUT2D eigenvalue weighted by molar-refractivity contribution is 0.0604. The molecule has 13 heavy (non-hydrogen) atoms. The second-order valence-corrected chi connectivity index (χ2v) is 3.21. The van der Waals surface area contributed by atoms with Crippen molar-refractivity contribution in [3.63, 3.8) is 0 Å². The molecule has 0 heterocycles. The number of hydrogen-bond donors (Lipinski definition) is 0. The predicted molar refractivity (Wildman–Crippen MR) is 56.1 cm³/mol. The maximum atomic E-state index is 5.70. The predicted octanol–water partition coefficient (Wildman–Crippen LogP) is 3.39. The highest BCUT2D eigenvalue weighted by Crippen LogP contribution is 2.20.